The molecule has 106 valence electrons. The third-order valence-electron chi connectivity index (χ3n) is 2.77. The van der Waals surface area contributed by atoms with Crippen molar-refractivity contribution in [3.63, 3.8) is 0 Å². The molecule has 1 aromatic rings. The lowest BCUT2D eigenvalue weighted by atomic mass is 10.2. The van der Waals surface area contributed by atoms with Gasteiger partial charge in [-0.05, 0) is 12.1 Å². The minimum Gasteiger partial charge on any atom is -0.493 e. The van der Waals surface area contributed by atoms with Gasteiger partial charge in [0.1, 0.15) is 18.7 Å². The van der Waals surface area contributed by atoms with Gasteiger partial charge < -0.3 is 15.2 Å². The number of nitrogens with zero attached hydrogens (tertiary/aromatic N) is 3. The number of rotatable bonds is 7. The Morgan fingerprint density at radius 1 is 1.60 bits per heavy atom. The minimum atomic E-state index is 0.0412. The largest absolute Gasteiger partial charge is 0.493 e. The van der Waals surface area contributed by atoms with Crippen molar-refractivity contribution < 1.29 is 9.47 Å². The molecule has 0 amide bonds. The Morgan fingerprint density at radius 2 is 2.45 bits per heavy atom. The van der Waals surface area contributed by atoms with Gasteiger partial charge in [-0.15, -0.1) is 0 Å². The Labute approximate surface area is 116 Å². The second-order valence-electron chi connectivity index (χ2n) is 4.14. The molecule has 0 bridgehead atoms. The minimum absolute atomic E-state index is 0.0412. The van der Waals surface area contributed by atoms with Crippen LogP contribution in [0, 0.1) is 10.9 Å². The zero-order valence-corrected chi connectivity index (χ0v) is 10.8. The first-order valence-electron chi connectivity index (χ1n) is 6.09. The van der Waals surface area contributed by atoms with Crippen molar-refractivity contribution in [3.05, 3.63) is 24.3 Å². The van der Waals surface area contributed by atoms with E-state index in [0.717, 1.165) is 11.3 Å². The third-order valence-corrected chi connectivity index (χ3v) is 2.77. The van der Waals surface area contributed by atoms with Gasteiger partial charge in [0.05, 0.1) is 18.3 Å². The molecule has 0 unspecified atom stereocenters. The molecule has 0 aromatic heterocycles. The van der Waals surface area contributed by atoms with E-state index < -0.39 is 0 Å². The zero-order chi connectivity index (χ0) is 14.4. The Kier molecular flexibility index (Phi) is 4.48. The van der Waals surface area contributed by atoms with Crippen LogP contribution in [0.25, 0.3) is 0 Å². The fourth-order valence-electron chi connectivity index (χ4n) is 1.77. The molecule has 2 rings (SSSR count). The Hall–Kier alpha value is -2.64. The van der Waals surface area contributed by atoms with Gasteiger partial charge in [0.2, 0.25) is 0 Å². The predicted molar refractivity (Wildman–Crippen MR) is 74.3 cm³/mol. The van der Waals surface area contributed by atoms with Gasteiger partial charge in [-0.25, -0.2) is 10.0 Å². The normalized spacial score (nSPS) is 17.0. The van der Waals surface area contributed by atoms with Crippen LogP contribution in [0.2, 0.25) is 0 Å². The van der Waals surface area contributed by atoms with Crippen LogP contribution in [-0.4, -0.2) is 31.6 Å². The molecule has 4 N–H and O–H groups in total. The molecule has 1 atom stereocenters. The van der Waals surface area contributed by atoms with E-state index in [0.29, 0.717) is 31.1 Å². The molecule has 8 heteroatoms. The summed E-state index contributed by atoms with van der Waals surface area (Å²) in [5.74, 6) is 0.647. The summed E-state index contributed by atoms with van der Waals surface area (Å²) in [5, 5.41) is 11.5. The molecule has 8 nitrogen and oxygen atoms in total. The highest BCUT2D eigenvalue weighted by Crippen LogP contribution is 2.21. The summed E-state index contributed by atoms with van der Waals surface area (Å²) in [7, 11) is 0. The van der Waals surface area contributed by atoms with E-state index in [9.17, 15) is 0 Å². The lowest BCUT2D eigenvalue weighted by Gasteiger charge is -2.12. The van der Waals surface area contributed by atoms with Crippen molar-refractivity contribution in [1.29, 1.82) is 10.9 Å². The summed E-state index contributed by atoms with van der Waals surface area (Å²) in [6, 6.07) is 7.31. The monoisotopic (exact) mass is 276 g/mol. The Balaban J connectivity index is 1.88. The smallest absolute Gasteiger partial charge is 0.282 e. The molecule has 0 saturated heterocycles. The summed E-state index contributed by atoms with van der Waals surface area (Å²) in [6.07, 6.45) is 1.67. The van der Waals surface area contributed by atoms with Gasteiger partial charge in [0.25, 0.3) is 6.02 Å². The van der Waals surface area contributed by atoms with Crippen LogP contribution in [0.15, 0.2) is 34.5 Å². The number of hydrogen-bond donors (Lipinski definition) is 3. The van der Waals surface area contributed by atoms with Gasteiger partial charge in [-0.1, -0.05) is 11.3 Å². The first kappa shape index (κ1) is 13.8. The van der Waals surface area contributed by atoms with Gasteiger partial charge in [-0.2, -0.15) is 5.53 Å². The second kappa shape index (κ2) is 6.50. The van der Waals surface area contributed by atoms with Gasteiger partial charge >= 0.3 is 0 Å². The quantitative estimate of drug-likeness (QED) is 0.302. The number of anilines is 1. The number of ether oxygens (including phenoxy) is 2. The molecule has 1 aromatic carbocycles. The second-order valence-corrected chi connectivity index (χ2v) is 4.14. The van der Waals surface area contributed by atoms with Crippen LogP contribution in [0.5, 0.6) is 5.75 Å². The predicted octanol–water partition coefficient (Wildman–Crippen LogP) is 1.53. The van der Waals surface area contributed by atoms with E-state index in [-0.39, 0.29) is 12.1 Å². The zero-order valence-electron chi connectivity index (χ0n) is 10.8. The van der Waals surface area contributed by atoms with E-state index in [1.165, 1.54) is 0 Å². The molecular weight excluding hydrogens is 260 g/mol. The van der Waals surface area contributed by atoms with Crippen LogP contribution in [-0.2, 0) is 4.74 Å². The van der Waals surface area contributed by atoms with E-state index in [4.69, 9.17) is 26.1 Å². The summed E-state index contributed by atoms with van der Waals surface area (Å²) < 4.78 is 10.7. The van der Waals surface area contributed by atoms with Gasteiger partial charge in [-0.3, -0.25) is 5.41 Å². The molecule has 20 heavy (non-hydrogen) atoms. The molecular formula is C12H16N6O2. The Morgan fingerprint density at radius 3 is 3.10 bits per heavy atom. The molecule has 0 radical (unpaired) electrons. The van der Waals surface area contributed by atoms with Crippen molar-refractivity contribution >= 4 is 18.0 Å². The van der Waals surface area contributed by atoms with E-state index in [1.54, 1.807) is 24.3 Å². The van der Waals surface area contributed by atoms with Crippen LogP contribution in [0.1, 0.15) is 6.42 Å². The fourth-order valence-corrected chi connectivity index (χ4v) is 1.77. The van der Waals surface area contributed by atoms with E-state index >= 15 is 0 Å². The average molecular weight is 276 g/mol. The number of benzene rings is 1. The lowest BCUT2D eigenvalue weighted by molar-refractivity contribution is 0.263. The Bertz CT molecular complexity index is 510. The van der Waals surface area contributed by atoms with Crippen molar-refractivity contribution in [2.75, 3.05) is 18.2 Å². The highest BCUT2D eigenvalue weighted by atomic mass is 16.5. The van der Waals surface area contributed by atoms with Crippen molar-refractivity contribution in [3.8, 4) is 5.75 Å². The van der Waals surface area contributed by atoms with Crippen LogP contribution < -0.4 is 15.5 Å². The summed E-state index contributed by atoms with van der Waals surface area (Å²) in [6.45, 7) is 0.978. The van der Waals surface area contributed by atoms with Crippen LogP contribution >= 0.6 is 0 Å². The molecule has 0 aliphatic carbocycles. The molecule has 0 saturated carbocycles. The number of aliphatic imine (C=N–C) groups is 1. The first-order valence-corrected chi connectivity index (χ1v) is 6.09. The maximum Gasteiger partial charge on any atom is 0.282 e. The topological polar surface area (TPSA) is 120 Å². The molecule has 1 aliphatic rings. The fraction of sp³-hybridized carbons (Fsp3) is 0.333. The lowest BCUT2D eigenvalue weighted by Crippen LogP contribution is -2.13. The molecule has 1 heterocycles. The molecule has 0 spiro atoms. The summed E-state index contributed by atoms with van der Waals surface area (Å²) in [4.78, 5) is 4.11. The van der Waals surface area contributed by atoms with Crippen molar-refractivity contribution in [2.45, 2.75) is 12.5 Å². The van der Waals surface area contributed by atoms with E-state index in [2.05, 4.69) is 10.2 Å². The summed E-state index contributed by atoms with van der Waals surface area (Å²) in [5.41, 5.74) is 13.0. The number of amidine groups is 1. The standard InChI is InChI=1S/C12H16N6O2/c13-8-18(17-15)10-2-1-3-11(6-10)19-5-4-9-7-20-12(14)16-9/h1-3,6,8-9,13,15H,4-5,7H2,(H2,14,16)/t9-/m0/s1. The summed E-state index contributed by atoms with van der Waals surface area (Å²) >= 11 is 0. The van der Waals surface area contributed by atoms with Crippen molar-refractivity contribution in [2.24, 2.45) is 15.9 Å². The first-order chi connectivity index (χ1) is 9.72. The molecule has 1 aliphatic heterocycles. The number of hydrogen-bond acceptors (Lipinski definition) is 7. The van der Waals surface area contributed by atoms with E-state index in [1.807, 2.05) is 0 Å². The van der Waals surface area contributed by atoms with Crippen molar-refractivity contribution in [1.82, 2.24) is 0 Å². The number of nitrogens with one attached hydrogen (secondary N) is 2. The highest BCUT2D eigenvalue weighted by Gasteiger charge is 2.16. The van der Waals surface area contributed by atoms with Gasteiger partial charge in [0, 0.05) is 12.5 Å². The maximum atomic E-state index is 7.14. The maximum absolute atomic E-state index is 7.14. The number of nitrogens with two attached hydrogens (primary N) is 1. The molecule has 0 fully saturated rings. The van der Waals surface area contributed by atoms with Crippen LogP contribution in [0.3, 0.4) is 0 Å². The highest BCUT2D eigenvalue weighted by molar-refractivity contribution is 5.76. The average Bonchev–Trinajstić information content (AvgIpc) is 2.86. The van der Waals surface area contributed by atoms with Gasteiger partial charge in [0.15, 0.2) is 0 Å². The third kappa shape index (κ3) is 3.44. The SMILES string of the molecule is N=CN(N=N)c1cccc(OCC[C@H]2COC(N)=N2)c1. The van der Waals surface area contributed by atoms with Crippen LogP contribution in [0.4, 0.5) is 5.69 Å².